The molecule has 0 fully saturated rings. The molecule has 8 nitrogen and oxygen atoms in total. The maximum Gasteiger partial charge on any atom is 0.329 e. The van der Waals surface area contributed by atoms with Gasteiger partial charge in [-0.1, -0.05) is 48.0 Å². The Labute approximate surface area is 191 Å². The van der Waals surface area contributed by atoms with Gasteiger partial charge in [0.05, 0.1) is 6.21 Å². The summed E-state index contributed by atoms with van der Waals surface area (Å²) in [5.74, 6) is -1.54. The molecule has 3 N–H and O–H groups in total. The van der Waals surface area contributed by atoms with Crippen molar-refractivity contribution in [2.75, 3.05) is 17.2 Å². The summed E-state index contributed by atoms with van der Waals surface area (Å²) in [4.78, 5) is 36.0. The summed E-state index contributed by atoms with van der Waals surface area (Å²) in [7, 11) is 0. The number of para-hydroxylation sites is 1. The summed E-state index contributed by atoms with van der Waals surface area (Å²) in [6, 6.07) is 21.4. The topological polar surface area (TPSA) is 109 Å². The predicted octanol–water partition coefficient (Wildman–Crippen LogP) is 3.41. The van der Waals surface area contributed by atoms with E-state index >= 15 is 0 Å². The lowest BCUT2D eigenvalue weighted by Crippen LogP contribution is -2.32. The molecule has 3 amide bonds. The molecule has 0 saturated heterocycles. The van der Waals surface area contributed by atoms with Crippen LogP contribution in [0, 0.1) is 13.8 Å². The number of nitrogens with one attached hydrogen (secondary N) is 3. The summed E-state index contributed by atoms with van der Waals surface area (Å²) in [5, 5.41) is 9.09. The third-order valence-electron chi connectivity index (χ3n) is 4.54. The number of carbonyl (C=O) groups is 3. The van der Waals surface area contributed by atoms with E-state index in [4.69, 9.17) is 4.74 Å². The van der Waals surface area contributed by atoms with Crippen molar-refractivity contribution in [3.8, 4) is 5.75 Å². The fraction of sp³-hybridized carbons (Fsp3) is 0.120. The summed E-state index contributed by atoms with van der Waals surface area (Å²) in [6.07, 6.45) is 1.37. The number of nitrogens with zero attached hydrogens (tertiary/aromatic N) is 1. The van der Waals surface area contributed by atoms with Crippen LogP contribution in [-0.4, -0.2) is 30.5 Å². The maximum absolute atomic E-state index is 12.1. The van der Waals surface area contributed by atoms with Crippen molar-refractivity contribution in [1.82, 2.24) is 5.43 Å². The molecule has 33 heavy (non-hydrogen) atoms. The fourth-order valence-electron chi connectivity index (χ4n) is 2.78. The number of benzene rings is 3. The van der Waals surface area contributed by atoms with E-state index in [1.165, 1.54) is 6.21 Å². The van der Waals surface area contributed by atoms with Gasteiger partial charge in [-0.15, -0.1) is 0 Å². The van der Waals surface area contributed by atoms with Crippen LogP contribution in [0.5, 0.6) is 5.75 Å². The van der Waals surface area contributed by atoms with Crippen molar-refractivity contribution in [2.45, 2.75) is 13.8 Å². The summed E-state index contributed by atoms with van der Waals surface area (Å²) in [5.41, 5.74) is 5.99. The summed E-state index contributed by atoms with van der Waals surface area (Å²) >= 11 is 0. The normalized spacial score (nSPS) is 10.5. The number of hydrazone groups is 1. The van der Waals surface area contributed by atoms with Gasteiger partial charge in [0.25, 0.3) is 5.91 Å². The van der Waals surface area contributed by atoms with E-state index in [0.717, 1.165) is 11.1 Å². The fourth-order valence-corrected chi connectivity index (χ4v) is 2.78. The van der Waals surface area contributed by atoms with Crippen LogP contribution >= 0.6 is 0 Å². The van der Waals surface area contributed by atoms with Gasteiger partial charge >= 0.3 is 11.8 Å². The van der Waals surface area contributed by atoms with Gasteiger partial charge in [-0.2, -0.15) is 5.10 Å². The first-order valence-corrected chi connectivity index (χ1v) is 10.2. The Hall–Kier alpha value is -4.46. The molecular weight excluding hydrogens is 420 g/mol. The van der Waals surface area contributed by atoms with Gasteiger partial charge in [0.15, 0.2) is 6.61 Å². The van der Waals surface area contributed by atoms with Crippen LogP contribution in [0.2, 0.25) is 0 Å². The molecule has 0 saturated carbocycles. The molecule has 0 aromatic heterocycles. The molecule has 3 aromatic rings. The zero-order chi connectivity index (χ0) is 23.6. The Morgan fingerprint density at radius 3 is 2.39 bits per heavy atom. The average molecular weight is 444 g/mol. The molecule has 0 heterocycles. The lowest BCUT2D eigenvalue weighted by molar-refractivity contribution is -0.136. The van der Waals surface area contributed by atoms with E-state index in [0.29, 0.717) is 22.7 Å². The number of ether oxygens (including phenoxy) is 1. The molecule has 0 atom stereocenters. The number of anilines is 2. The number of amides is 3. The number of hydrogen-bond donors (Lipinski definition) is 3. The van der Waals surface area contributed by atoms with Crippen molar-refractivity contribution in [3.63, 3.8) is 0 Å². The third-order valence-corrected chi connectivity index (χ3v) is 4.54. The Morgan fingerprint density at radius 1 is 0.879 bits per heavy atom. The second-order valence-corrected chi connectivity index (χ2v) is 7.24. The second-order valence-electron chi connectivity index (χ2n) is 7.24. The quantitative estimate of drug-likeness (QED) is 0.295. The van der Waals surface area contributed by atoms with Crippen LogP contribution < -0.4 is 20.8 Å². The highest BCUT2D eigenvalue weighted by atomic mass is 16.5. The van der Waals surface area contributed by atoms with Gasteiger partial charge in [0.1, 0.15) is 5.75 Å². The van der Waals surface area contributed by atoms with Crippen molar-refractivity contribution in [3.05, 3.63) is 89.5 Å². The Kier molecular flexibility index (Phi) is 7.91. The molecular formula is C25H24N4O4. The van der Waals surface area contributed by atoms with Crippen LogP contribution in [0.3, 0.4) is 0 Å². The molecule has 8 heteroatoms. The zero-order valence-electron chi connectivity index (χ0n) is 18.3. The highest BCUT2D eigenvalue weighted by Gasteiger charge is 2.13. The van der Waals surface area contributed by atoms with Crippen LogP contribution in [0.4, 0.5) is 11.4 Å². The number of aryl methyl sites for hydroxylation is 2. The molecule has 0 radical (unpaired) electrons. The van der Waals surface area contributed by atoms with Gasteiger partial charge in [-0.3, -0.25) is 14.4 Å². The van der Waals surface area contributed by atoms with E-state index in [1.54, 1.807) is 36.4 Å². The highest BCUT2D eigenvalue weighted by molar-refractivity contribution is 6.39. The van der Waals surface area contributed by atoms with Crippen molar-refractivity contribution in [2.24, 2.45) is 5.10 Å². The predicted molar refractivity (Wildman–Crippen MR) is 127 cm³/mol. The van der Waals surface area contributed by atoms with E-state index in [-0.39, 0.29) is 12.5 Å². The zero-order valence-corrected chi connectivity index (χ0v) is 18.3. The number of hydrogen-bond acceptors (Lipinski definition) is 5. The second kappa shape index (κ2) is 11.2. The van der Waals surface area contributed by atoms with Crippen LogP contribution in [0.25, 0.3) is 0 Å². The molecule has 0 aliphatic heterocycles. The minimum absolute atomic E-state index is 0.162. The Morgan fingerprint density at radius 2 is 1.64 bits per heavy atom. The third kappa shape index (κ3) is 7.32. The van der Waals surface area contributed by atoms with Crippen molar-refractivity contribution >= 4 is 35.3 Å². The van der Waals surface area contributed by atoms with Crippen LogP contribution in [0.15, 0.2) is 77.9 Å². The van der Waals surface area contributed by atoms with Crippen molar-refractivity contribution < 1.29 is 19.1 Å². The molecule has 0 bridgehead atoms. The molecule has 0 unspecified atom stereocenters. The average Bonchev–Trinajstić information content (AvgIpc) is 2.81. The molecule has 0 spiro atoms. The SMILES string of the molecule is Cc1ccc(NC(=O)COc2cccc(/C=N\NC(=O)C(=O)Nc3ccccc3C)c2)cc1. The first-order valence-electron chi connectivity index (χ1n) is 10.2. The van der Waals surface area contributed by atoms with Gasteiger partial charge in [0.2, 0.25) is 0 Å². The van der Waals surface area contributed by atoms with Gasteiger partial charge in [0, 0.05) is 11.4 Å². The Bertz CT molecular complexity index is 1170. The van der Waals surface area contributed by atoms with Gasteiger partial charge < -0.3 is 15.4 Å². The minimum Gasteiger partial charge on any atom is -0.484 e. The summed E-state index contributed by atoms with van der Waals surface area (Å²) in [6.45, 7) is 3.63. The molecule has 0 aliphatic rings. The number of carbonyl (C=O) groups excluding carboxylic acids is 3. The summed E-state index contributed by atoms with van der Waals surface area (Å²) < 4.78 is 5.52. The molecule has 0 aliphatic carbocycles. The highest BCUT2D eigenvalue weighted by Crippen LogP contribution is 2.14. The monoisotopic (exact) mass is 444 g/mol. The standard InChI is InChI=1S/C25H24N4O4/c1-17-10-12-20(13-11-17)27-23(30)16-33-21-8-5-7-19(14-21)15-26-29-25(32)24(31)28-22-9-4-3-6-18(22)2/h3-15H,16H2,1-2H3,(H,27,30)(H,28,31)(H,29,32)/b26-15-. The largest absolute Gasteiger partial charge is 0.484 e. The molecule has 168 valence electrons. The van der Waals surface area contributed by atoms with E-state index in [9.17, 15) is 14.4 Å². The smallest absolute Gasteiger partial charge is 0.329 e. The van der Waals surface area contributed by atoms with Gasteiger partial charge in [-0.25, -0.2) is 5.43 Å². The van der Waals surface area contributed by atoms with E-state index < -0.39 is 11.8 Å². The first-order chi connectivity index (χ1) is 15.9. The van der Waals surface area contributed by atoms with E-state index in [2.05, 4.69) is 21.2 Å². The van der Waals surface area contributed by atoms with Gasteiger partial charge in [-0.05, 0) is 55.3 Å². The minimum atomic E-state index is -0.894. The first kappa shape index (κ1) is 23.2. The lowest BCUT2D eigenvalue weighted by Gasteiger charge is -2.08. The van der Waals surface area contributed by atoms with E-state index in [1.807, 2.05) is 50.2 Å². The van der Waals surface area contributed by atoms with Crippen LogP contribution in [-0.2, 0) is 14.4 Å². The van der Waals surface area contributed by atoms with Crippen molar-refractivity contribution in [1.29, 1.82) is 0 Å². The van der Waals surface area contributed by atoms with Crippen LogP contribution in [0.1, 0.15) is 16.7 Å². The molecule has 3 rings (SSSR count). The number of rotatable bonds is 7. The maximum atomic E-state index is 12.1. The Balaban J connectivity index is 1.48. The molecule has 3 aromatic carbocycles. The lowest BCUT2D eigenvalue weighted by atomic mass is 10.2.